The molecule has 0 spiro atoms. The quantitative estimate of drug-likeness (QED) is 0.827. The van der Waals surface area contributed by atoms with Crippen molar-refractivity contribution in [2.45, 2.75) is 24.7 Å². The molecule has 6 nitrogen and oxygen atoms in total. The summed E-state index contributed by atoms with van der Waals surface area (Å²) in [7, 11) is -3.56. The van der Waals surface area contributed by atoms with Crippen molar-refractivity contribution >= 4 is 21.4 Å². The van der Waals surface area contributed by atoms with Gasteiger partial charge in [-0.25, -0.2) is 17.8 Å². The molecule has 0 amide bonds. The van der Waals surface area contributed by atoms with Gasteiger partial charge in [-0.05, 0) is 17.7 Å². The number of nitrogens with one attached hydrogen (secondary N) is 1. The fraction of sp³-hybridized carbons (Fsp3) is 0.333. The molecule has 0 saturated carbocycles. The van der Waals surface area contributed by atoms with Crippen molar-refractivity contribution in [2.24, 2.45) is 0 Å². The third kappa shape index (κ3) is 3.50. The first-order valence-corrected chi connectivity index (χ1v) is 9.49. The van der Waals surface area contributed by atoms with E-state index in [0.717, 1.165) is 11.8 Å². The van der Waals surface area contributed by atoms with Gasteiger partial charge < -0.3 is 0 Å². The summed E-state index contributed by atoms with van der Waals surface area (Å²) in [6, 6.07) is 4.60. The number of rotatable bonds is 3. The van der Waals surface area contributed by atoms with Crippen molar-refractivity contribution in [2.75, 3.05) is 12.8 Å². The van der Waals surface area contributed by atoms with Crippen molar-refractivity contribution in [1.29, 1.82) is 0 Å². The Morgan fingerprint density at radius 3 is 2.83 bits per heavy atom. The number of aromatic amines is 1. The van der Waals surface area contributed by atoms with E-state index in [9.17, 15) is 17.6 Å². The highest BCUT2D eigenvalue weighted by molar-refractivity contribution is 7.90. The van der Waals surface area contributed by atoms with E-state index >= 15 is 0 Å². The van der Waals surface area contributed by atoms with Crippen LogP contribution >= 0.6 is 11.6 Å². The standard InChI is InChI=1S/C15H15ClFN3O3S/c1-24(22,23)15-18-13-4-5-20(8-10(13)14(21)19-15)7-9-2-3-11(16)12(17)6-9/h2-3,6H,4-5,7-8H2,1H3,(H,18,19,21). The van der Waals surface area contributed by atoms with Crippen LogP contribution in [0.4, 0.5) is 4.39 Å². The van der Waals surface area contributed by atoms with Gasteiger partial charge in [-0.15, -0.1) is 0 Å². The third-order valence-corrected chi connectivity index (χ3v) is 5.07. The number of H-pyrrole nitrogens is 1. The smallest absolute Gasteiger partial charge is 0.256 e. The van der Waals surface area contributed by atoms with Crippen LogP contribution in [0.3, 0.4) is 0 Å². The van der Waals surface area contributed by atoms with Gasteiger partial charge in [0.05, 0.1) is 16.3 Å². The highest BCUT2D eigenvalue weighted by Crippen LogP contribution is 2.20. The lowest BCUT2D eigenvalue weighted by molar-refractivity contribution is 0.240. The first-order chi connectivity index (χ1) is 11.2. The van der Waals surface area contributed by atoms with E-state index in [-0.39, 0.29) is 10.2 Å². The van der Waals surface area contributed by atoms with Gasteiger partial charge in [0.2, 0.25) is 15.0 Å². The number of halogens is 2. The van der Waals surface area contributed by atoms with E-state index in [4.69, 9.17) is 11.6 Å². The Labute approximate surface area is 143 Å². The Morgan fingerprint density at radius 1 is 1.42 bits per heavy atom. The van der Waals surface area contributed by atoms with Crippen LogP contribution in [0.25, 0.3) is 0 Å². The van der Waals surface area contributed by atoms with Crippen LogP contribution in [0.2, 0.25) is 5.02 Å². The molecule has 1 aliphatic heterocycles. The number of aromatic nitrogens is 2. The fourth-order valence-electron chi connectivity index (χ4n) is 2.66. The van der Waals surface area contributed by atoms with Gasteiger partial charge in [0.25, 0.3) is 5.56 Å². The maximum absolute atomic E-state index is 13.5. The van der Waals surface area contributed by atoms with E-state index in [1.54, 1.807) is 6.07 Å². The number of fused-ring (bicyclic) bond motifs is 1. The summed E-state index contributed by atoms with van der Waals surface area (Å²) in [6.45, 7) is 1.38. The van der Waals surface area contributed by atoms with Crippen molar-refractivity contribution in [3.63, 3.8) is 0 Å². The average Bonchev–Trinajstić information content (AvgIpc) is 2.50. The van der Waals surface area contributed by atoms with Crippen LogP contribution in [-0.4, -0.2) is 36.1 Å². The summed E-state index contributed by atoms with van der Waals surface area (Å²) in [6.07, 6.45) is 1.46. The molecule has 1 aromatic carbocycles. The first-order valence-electron chi connectivity index (χ1n) is 7.22. The minimum Gasteiger partial charge on any atom is -0.297 e. The van der Waals surface area contributed by atoms with Crippen LogP contribution in [0, 0.1) is 5.82 Å². The molecule has 0 aliphatic carbocycles. The molecule has 1 N–H and O–H groups in total. The molecule has 0 bridgehead atoms. The van der Waals surface area contributed by atoms with Crippen molar-refractivity contribution in [1.82, 2.24) is 14.9 Å². The predicted octanol–water partition coefficient (Wildman–Crippen LogP) is 1.52. The third-order valence-electron chi connectivity index (χ3n) is 3.87. The number of sulfone groups is 1. The Balaban J connectivity index is 1.84. The minimum absolute atomic E-state index is 0.0664. The van der Waals surface area contributed by atoms with E-state index in [1.165, 1.54) is 12.1 Å². The second-order valence-electron chi connectivity index (χ2n) is 5.78. The second-order valence-corrected chi connectivity index (χ2v) is 8.12. The van der Waals surface area contributed by atoms with Gasteiger partial charge in [0.15, 0.2) is 0 Å². The SMILES string of the molecule is CS(=O)(=O)c1nc2c(c(=O)[nH]1)CN(Cc1ccc(Cl)c(F)c1)CC2. The molecule has 0 fully saturated rings. The molecule has 0 radical (unpaired) electrons. The largest absolute Gasteiger partial charge is 0.297 e. The average molecular weight is 372 g/mol. The van der Waals surface area contributed by atoms with Crippen molar-refractivity contribution < 1.29 is 12.8 Å². The van der Waals surface area contributed by atoms with Crippen LogP contribution in [0.1, 0.15) is 16.8 Å². The lowest BCUT2D eigenvalue weighted by Crippen LogP contribution is -2.36. The van der Waals surface area contributed by atoms with Crippen LogP contribution in [-0.2, 0) is 29.3 Å². The number of nitrogens with zero attached hydrogens (tertiary/aromatic N) is 2. The Bertz CT molecular complexity index is 959. The van der Waals surface area contributed by atoms with Gasteiger partial charge in [-0.3, -0.25) is 14.7 Å². The fourth-order valence-corrected chi connectivity index (χ4v) is 3.34. The number of benzene rings is 1. The zero-order valence-electron chi connectivity index (χ0n) is 12.8. The maximum atomic E-state index is 13.5. The maximum Gasteiger partial charge on any atom is 0.256 e. The zero-order valence-corrected chi connectivity index (χ0v) is 14.4. The van der Waals surface area contributed by atoms with Crippen LogP contribution < -0.4 is 5.56 Å². The summed E-state index contributed by atoms with van der Waals surface area (Å²) < 4.78 is 36.6. The van der Waals surface area contributed by atoms with Gasteiger partial charge >= 0.3 is 0 Å². The highest BCUT2D eigenvalue weighted by Gasteiger charge is 2.23. The van der Waals surface area contributed by atoms with E-state index in [1.807, 2.05) is 4.90 Å². The summed E-state index contributed by atoms with van der Waals surface area (Å²) in [5.74, 6) is -0.483. The Kier molecular flexibility index (Phi) is 4.46. The Morgan fingerprint density at radius 2 is 2.17 bits per heavy atom. The molecule has 3 rings (SSSR count). The van der Waals surface area contributed by atoms with Gasteiger partial charge in [0, 0.05) is 32.3 Å². The summed E-state index contributed by atoms with van der Waals surface area (Å²) in [5.41, 5.74) is 1.24. The van der Waals surface area contributed by atoms with E-state index in [0.29, 0.717) is 37.3 Å². The monoisotopic (exact) mass is 371 g/mol. The lowest BCUT2D eigenvalue weighted by atomic mass is 10.1. The van der Waals surface area contributed by atoms with E-state index in [2.05, 4.69) is 9.97 Å². The van der Waals surface area contributed by atoms with Crippen molar-refractivity contribution in [3.05, 3.63) is 56.2 Å². The summed E-state index contributed by atoms with van der Waals surface area (Å²) >= 11 is 5.67. The second kappa shape index (κ2) is 6.27. The first kappa shape index (κ1) is 17.1. The lowest BCUT2D eigenvalue weighted by Gasteiger charge is -2.27. The van der Waals surface area contributed by atoms with Crippen LogP contribution in [0.15, 0.2) is 28.2 Å². The number of hydrogen-bond acceptors (Lipinski definition) is 5. The molecule has 2 aromatic rings. The van der Waals surface area contributed by atoms with Gasteiger partial charge in [0.1, 0.15) is 5.82 Å². The Hall–Kier alpha value is -1.77. The zero-order chi connectivity index (χ0) is 17.5. The summed E-state index contributed by atoms with van der Waals surface area (Å²) in [4.78, 5) is 20.5. The van der Waals surface area contributed by atoms with E-state index < -0.39 is 21.2 Å². The molecule has 1 aliphatic rings. The van der Waals surface area contributed by atoms with Crippen molar-refractivity contribution in [3.8, 4) is 0 Å². The molecule has 9 heteroatoms. The van der Waals surface area contributed by atoms with Gasteiger partial charge in [-0.2, -0.15) is 0 Å². The predicted molar refractivity (Wildman–Crippen MR) is 87.2 cm³/mol. The molecular formula is C15H15ClFN3O3S. The molecule has 24 heavy (non-hydrogen) atoms. The molecule has 2 heterocycles. The molecule has 0 atom stereocenters. The number of hydrogen-bond donors (Lipinski definition) is 1. The van der Waals surface area contributed by atoms with Gasteiger partial charge in [-0.1, -0.05) is 17.7 Å². The molecule has 1 aromatic heterocycles. The molecular weight excluding hydrogens is 357 g/mol. The van der Waals surface area contributed by atoms with Crippen LogP contribution in [0.5, 0.6) is 0 Å². The highest BCUT2D eigenvalue weighted by atomic mass is 35.5. The minimum atomic E-state index is -3.56. The topological polar surface area (TPSA) is 83.1 Å². The molecule has 0 unspecified atom stereocenters. The molecule has 0 saturated heterocycles. The molecule has 128 valence electrons. The normalized spacial score (nSPS) is 15.3. The summed E-state index contributed by atoms with van der Waals surface area (Å²) in [5, 5.41) is -0.240.